The van der Waals surface area contributed by atoms with Crippen molar-refractivity contribution in [1.82, 2.24) is 24.9 Å². The fraction of sp³-hybridized carbons (Fsp3) is 0.942. The maximum Gasteiger partial charge on any atom is 0.410 e. The zero-order valence-electron chi connectivity index (χ0n) is 60.4. The average molecular weight is 1370 g/mol. The molecule has 5 heterocycles. The highest BCUT2D eigenvalue weighted by Crippen LogP contribution is 2.53. The number of halogens is 3. The van der Waals surface area contributed by atoms with E-state index in [-0.39, 0.29) is 79.3 Å². The Kier molecular flexibility index (Phi) is 27.6. The Bertz CT molecular complexity index is 2160. The molecule has 0 unspecified atom stereocenters. The third kappa shape index (κ3) is 22.6. The molecule has 5 aliphatic carbocycles. The largest absolute Gasteiger partial charge is 0.444 e. The predicted octanol–water partition coefficient (Wildman–Crippen LogP) is 12.7. The number of rotatable bonds is 20. The van der Waals surface area contributed by atoms with Gasteiger partial charge in [-0.3, -0.25) is 0 Å². The molecule has 0 aromatic heterocycles. The Labute approximate surface area is 563 Å². The van der Waals surface area contributed by atoms with Crippen LogP contribution in [-0.4, -0.2) is 241 Å². The smallest absolute Gasteiger partial charge is 0.410 e. The number of carbonyl (C=O) groups excluding carboxylic acids is 4. The fourth-order valence-electron chi connectivity index (χ4n) is 15.6. The summed E-state index contributed by atoms with van der Waals surface area (Å²) in [6.45, 7) is 47.3. The summed E-state index contributed by atoms with van der Waals surface area (Å²) < 4.78 is 79.2. The zero-order valence-corrected chi connectivity index (χ0v) is 62.2. The van der Waals surface area contributed by atoms with Crippen LogP contribution in [-0.2, 0) is 47.1 Å². The first-order valence-electron chi connectivity index (χ1n) is 34.8. The number of ether oxygens (including phenoxy) is 9. The molecule has 0 aromatic rings. The molecule has 0 bridgehead atoms. The van der Waals surface area contributed by atoms with Crippen LogP contribution >= 0.6 is 11.6 Å². The lowest BCUT2D eigenvalue weighted by Gasteiger charge is -2.58. The Morgan fingerprint density at radius 2 is 0.677 bits per heavy atom. The van der Waals surface area contributed by atoms with Gasteiger partial charge in [0.25, 0.3) is 0 Å². The molecule has 2 N–H and O–H groups in total. The van der Waals surface area contributed by atoms with Crippen LogP contribution in [0.1, 0.15) is 189 Å². The van der Waals surface area contributed by atoms with E-state index in [0.29, 0.717) is 78.1 Å². The topological polar surface area (TPSA) is 206 Å². The van der Waals surface area contributed by atoms with E-state index in [0.717, 1.165) is 130 Å². The van der Waals surface area contributed by atoms with Crippen LogP contribution in [0.2, 0.25) is 16.6 Å². The summed E-state index contributed by atoms with van der Waals surface area (Å²) in [4.78, 5) is 54.5. The summed E-state index contributed by atoms with van der Waals surface area (Å²) in [5, 5.41) is 11.9. The van der Waals surface area contributed by atoms with Gasteiger partial charge in [-0.05, 0) is 164 Å². The highest BCUT2D eigenvalue weighted by Gasteiger charge is 2.58. The number of carbonyl (C=O) groups is 4. The molecule has 0 atom stereocenters. The maximum absolute atomic E-state index is 12.1. The van der Waals surface area contributed by atoms with E-state index in [1.54, 1.807) is 14.7 Å². The average Bonchev–Trinajstić information content (AvgIpc) is 0.763. The van der Waals surface area contributed by atoms with Gasteiger partial charge in [0.2, 0.25) is 0 Å². The van der Waals surface area contributed by atoms with Crippen LogP contribution in [0.25, 0.3) is 0 Å². The number of likely N-dealkylation sites (tertiary alicyclic amines) is 4. The molecule has 5 spiro atoms. The molecular weight excluding hydrogens is 1240 g/mol. The second-order valence-corrected chi connectivity index (χ2v) is 39.7. The van der Waals surface area contributed by atoms with Gasteiger partial charge < -0.3 is 77.1 Å². The zero-order chi connectivity index (χ0) is 69.2. The summed E-state index contributed by atoms with van der Waals surface area (Å²) in [6.07, 6.45) is 10.9. The summed E-state index contributed by atoms with van der Waals surface area (Å²) in [5.74, 6) is 0.549. The first-order chi connectivity index (χ1) is 43.2. The number of nitrogens with one attached hydrogen (secondary N) is 1. The van der Waals surface area contributed by atoms with E-state index in [1.807, 2.05) is 88.0 Å². The van der Waals surface area contributed by atoms with Gasteiger partial charge in [-0.15, -0.1) is 11.6 Å². The SMILES string of the molecule is CC(C)(C)OC(=O)N1CC2(CC(OCCCl)C2)C1.CC(C)(C)OC(=O)N1CC2(CC(OCCF)C2)C1.CC(C)(C)OC(=O)N1CC2(CC(OCCO)C2)C1.CC(C)[Si](OCCOC1CC2(C1)CN(C(=O)OC(C)(C)C)C2)(C(C)C)C(C)C.FCCOC1CC2(CNC2)C1. The van der Waals surface area contributed by atoms with Crippen molar-refractivity contribution in [2.75, 3.05) is 131 Å². The van der Waals surface area contributed by atoms with Crippen LogP contribution in [0, 0.1) is 27.1 Å². The van der Waals surface area contributed by atoms with Crippen molar-refractivity contribution in [1.29, 1.82) is 0 Å². The lowest BCUT2D eigenvalue weighted by molar-refractivity contribution is -0.149. The molecule has 5 saturated heterocycles. The number of aliphatic hydroxyl groups excluding tert-OH is 1. The number of hydrogen-bond acceptors (Lipinski definition) is 16. The highest BCUT2D eigenvalue weighted by atomic mass is 35.5. The van der Waals surface area contributed by atoms with Gasteiger partial charge in [0.15, 0.2) is 8.32 Å². The van der Waals surface area contributed by atoms with E-state index in [9.17, 15) is 28.0 Å². The molecule has 93 heavy (non-hydrogen) atoms. The molecule has 10 aliphatic rings. The summed E-state index contributed by atoms with van der Waals surface area (Å²) in [6, 6.07) is 0. The van der Waals surface area contributed by atoms with Crippen LogP contribution in [0.15, 0.2) is 0 Å². The molecule has 0 aromatic carbocycles. The summed E-state index contributed by atoms with van der Waals surface area (Å²) in [7, 11) is -1.80. The minimum atomic E-state index is -1.80. The van der Waals surface area contributed by atoms with E-state index >= 15 is 0 Å². The quantitative estimate of drug-likeness (QED) is 0.0503. The van der Waals surface area contributed by atoms with Crippen molar-refractivity contribution in [3.05, 3.63) is 0 Å². The molecule has 4 amide bonds. The van der Waals surface area contributed by atoms with Crippen molar-refractivity contribution < 1.29 is 80.1 Å². The Morgan fingerprint density at radius 1 is 0.430 bits per heavy atom. The molecule has 10 rings (SSSR count). The maximum atomic E-state index is 12.1. The fourth-order valence-corrected chi connectivity index (χ4v) is 21.1. The lowest BCUT2D eigenvalue weighted by atomic mass is 9.62. The van der Waals surface area contributed by atoms with Crippen molar-refractivity contribution in [3.63, 3.8) is 0 Å². The number of amides is 4. The predicted molar refractivity (Wildman–Crippen MR) is 358 cm³/mol. The van der Waals surface area contributed by atoms with E-state index in [4.69, 9.17) is 63.8 Å². The van der Waals surface area contributed by atoms with Crippen molar-refractivity contribution >= 4 is 44.3 Å². The summed E-state index contributed by atoms with van der Waals surface area (Å²) in [5.41, 5.74) is 1.73. The van der Waals surface area contributed by atoms with Gasteiger partial charge >= 0.3 is 24.4 Å². The van der Waals surface area contributed by atoms with Crippen LogP contribution < -0.4 is 5.32 Å². The Balaban J connectivity index is 0.000000189. The summed E-state index contributed by atoms with van der Waals surface area (Å²) >= 11 is 5.58. The van der Waals surface area contributed by atoms with Crippen molar-refractivity contribution in [2.24, 2.45) is 27.1 Å². The minimum Gasteiger partial charge on any atom is -0.444 e. The van der Waals surface area contributed by atoms with E-state index in [1.165, 1.54) is 0 Å². The molecule has 0 radical (unpaired) electrons. The number of nitrogens with zero attached hydrogens (tertiary/aromatic N) is 4. The molecule has 540 valence electrons. The van der Waals surface area contributed by atoms with Crippen molar-refractivity contribution in [3.8, 4) is 0 Å². The first-order valence-corrected chi connectivity index (χ1v) is 37.5. The third-order valence-corrected chi connectivity index (χ3v) is 25.9. The van der Waals surface area contributed by atoms with Gasteiger partial charge in [-0.2, -0.15) is 0 Å². The molecule has 10 fully saturated rings. The van der Waals surface area contributed by atoms with E-state index in [2.05, 4.69) is 46.9 Å². The molecule has 24 heteroatoms. The van der Waals surface area contributed by atoms with Crippen LogP contribution in [0.3, 0.4) is 0 Å². The normalized spacial score (nSPS) is 23.6. The second-order valence-electron chi connectivity index (χ2n) is 33.9. The first kappa shape index (κ1) is 79.1. The van der Waals surface area contributed by atoms with Crippen LogP contribution in [0.5, 0.6) is 0 Å². The molecular formula is C69H124ClF2N5O15Si. The minimum absolute atomic E-state index is 0.0769. The van der Waals surface area contributed by atoms with Gasteiger partial charge in [0.1, 0.15) is 35.8 Å². The van der Waals surface area contributed by atoms with E-state index < -0.39 is 37.4 Å². The number of hydrogen-bond donors (Lipinski definition) is 2. The molecule has 20 nitrogen and oxygen atoms in total. The lowest BCUT2D eigenvalue weighted by Crippen LogP contribution is -2.65. The monoisotopic (exact) mass is 1360 g/mol. The standard InChI is InChI=1S/C22H43NO4Si.C13H22ClNO3.C13H22FNO3.C13H23NO4.C8H14FNO/c1-16(2)28(17(3)4,18(5)6)26-11-10-25-19-12-22(13-19)14-23(15-22)20(24)27-21(7,8)9;2*1-12(2,3)18-11(16)15-8-13(9-15)6-10(7-13)17-5-4-14;1-12(2,3)18-11(16)14-8-13(9-14)6-10(7-13)17-5-4-15;9-1-2-11-7-3-8(4-7)5-10-6-8/h16-19H,10-15H2,1-9H3;2*10H,4-9H2,1-3H3;10,15H,4-9H2,1-3H3;7,10H,1-6H2. The highest BCUT2D eigenvalue weighted by molar-refractivity contribution is 6.77. The number of alkyl halides is 3. The van der Waals surface area contributed by atoms with Gasteiger partial charge in [-0.25, -0.2) is 28.0 Å². The van der Waals surface area contributed by atoms with Gasteiger partial charge in [-0.1, -0.05) is 41.5 Å². The van der Waals surface area contributed by atoms with Gasteiger partial charge in [0.05, 0.1) is 76.8 Å². The third-order valence-electron chi connectivity index (χ3n) is 19.7. The molecule has 5 aliphatic heterocycles. The Morgan fingerprint density at radius 3 is 0.892 bits per heavy atom. The Hall–Kier alpha value is -2.87. The van der Waals surface area contributed by atoms with Crippen LogP contribution in [0.4, 0.5) is 28.0 Å². The van der Waals surface area contributed by atoms with Crippen molar-refractivity contribution in [2.45, 2.75) is 258 Å². The second kappa shape index (κ2) is 32.4. The van der Waals surface area contributed by atoms with Gasteiger partial charge in [0, 0.05) is 98.4 Å². The molecule has 5 saturated carbocycles. The number of aliphatic hydroxyl groups is 1.